The van der Waals surface area contributed by atoms with Gasteiger partial charge in [-0.05, 0) is 0 Å². The van der Waals surface area contributed by atoms with Gasteiger partial charge in [-0.25, -0.2) is 0 Å². The van der Waals surface area contributed by atoms with Crippen molar-refractivity contribution in [1.82, 2.24) is 0 Å². The van der Waals surface area contributed by atoms with Crippen LogP contribution in [-0.4, -0.2) is 19.5 Å². The van der Waals surface area contributed by atoms with E-state index in [2.05, 4.69) is 37.4 Å². The van der Waals surface area contributed by atoms with Crippen LogP contribution in [0.15, 0.2) is 30.3 Å². The largest absolute Gasteiger partial charge is 1.00 e. The molecule has 0 heterocycles. The molecule has 1 unspecified atom stereocenters. The van der Waals surface area contributed by atoms with E-state index >= 15 is 0 Å². The molecule has 0 aliphatic carbocycles. The molecule has 0 spiro atoms. The lowest BCUT2D eigenvalue weighted by Gasteiger charge is -2.12. The molecule has 1 rings (SSSR count). The quantitative estimate of drug-likeness (QED) is 0.581. The van der Waals surface area contributed by atoms with E-state index in [9.17, 15) is 0 Å². The van der Waals surface area contributed by atoms with Crippen LogP contribution in [0.1, 0.15) is 12.0 Å². The van der Waals surface area contributed by atoms with Gasteiger partial charge in [0.15, 0.2) is 0 Å². The monoisotopic (exact) mass is 233 g/mol. The Labute approximate surface area is 97.5 Å². The molecule has 1 nitrogen and oxygen atoms in total. The highest BCUT2D eigenvalue weighted by Crippen LogP contribution is 1.94. The van der Waals surface area contributed by atoms with Crippen molar-refractivity contribution in [2.75, 3.05) is 19.5 Å². The number of hydrogen-bond acceptors (Lipinski definition) is 0. The van der Waals surface area contributed by atoms with Crippen LogP contribution in [0.2, 0.25) is 0 Å². The smallest absolute Gasteiger partial charge is 0.103 e. The maximum Gasteiger partial charge on any atom is 0.103 e. The topological polar surface area (TPSA) is 4.44 Å². The summed E-state index contributed by atoms with van der Waals surface area (Å²) in [7, 11) is 2.21. The third-order valence-corrected chi connectivity index (χ3v) is 2.35. The number of rotatable bonds is 5. The van der Waals surface area contributed by atoms with Crippen molar-refractivity contribution in [2.45, 2.75) is 13.0 Å². The Bertz CT molecular complexity index is 226. The van der Waals surface area contributed by atoms with Crippen LogP contribution in [0.3, 0.4) is 0 Å². The van der Waals surface area contributed by atoms with Crippen LogP contribution in [0.4, 0.5) is 0 Å². The van der Waals surface area contributed by atoms with Crippen LogP contribution in [-0.2, 0) is 6.54 Å². The molecule has 1 aromatic rings. The molecule has 0 fully saturated rings. The normalized spacial score (nSPS) is 11.9. The fraction of sp³-hybridized carbons (Fsp3) is 0.455. The van der Waals surface area contributed by atoms with Crippen LogP contribution >= 0.6 is 11.6 Å². The molecule has 0 aromatic heterocycles. The highest BCUT2D eigenvalue weighted by atomic mass is 35.5. The molecule has 0 aliphatic rings. The van der Waals surface area contributed by atoms with Gasteiger partial charge in [0.05, 0.1) is 13.6 Å². The maximum absolute atomic E-state index is 5.64. The molecule has 14 heavy (non-hydrogen) atoms. The van der Waals surface area contributed by atoms with Crippen molar-refractivity contribution in [1.29, 1.82) is 0 Å². The predicted octanol–water partition coefficient (Wildman–Crippen LogP) is -1.67. The molecule has 0 aliphatic heterocycles. The first-order valence-corrected chi connectivity index (χ1v) is 5.27. The van der Waals surface area contributed by atoms with Gasteiger partial charge >= 0.3 is 0 Å². The maximum atomic E-state index is 5.64. The lowest BCUT2D eigenvalue weighted by Crippen LogP contribution is -3.07. The lowest BCUT2D eigenvalue weighted by atomic mass is 10.2. The van der Waals surface area contributed by atoms with Crippen molar-refractivity contribution < 1.29 is 17.3 Å². The minimum absolute atomic E-state index is 0. The van der Waals surface area contributed by atoms with Crippen LogP contribution < -0.4 is 17.3 Å². The first-order chi connectivity index (χ1) is 6.33. The second kappa shape index (κ2) is 8.10. The number of quaternary nitrogens is 1. The van der Waals surface area contributed by atoms with Crippen molar-refractivity contribution in [2.24, 2.45) is 0 Å². The Kier molecular flexibility index (Phi) is 7.96. The van der Waals surface area contributed by atoms with Gasteiger partial charge in [-0.1, -0.05) is 30.3 Å². The lowest BCUT2D eigenvalue weighted by molar-refractivity contribution is -0.893. The van der Waals surface area contributed by atoms with Gasteiger partial charge in [-0.2, -0.15) is 0 Å². The molecule has 1 N–H and O–H groups in total. The molecule has 1 atom stereocenters. The van der Waals surface area contributed by atoms with E-state index in [0.29, 0.717) is 0 Å². The van der Waals surface area contributed by atoms with Crippen LogP contribution in [0.25, 0.3) is 0 Å². The zero-order valence-electron chi connectivity index (χ0n) is 8.47. The van der Waals surface area contributed by atoms with E-state index in [1.807, 2.05) is 0 Å². The average molecular weight is 234 g/mol. The van der Waals surface area contributed by atoms with Crippen molar-refractivity contribution in [3.8, 4) is 0 Å². The Balaban J connectivity index is 0.00000169. The van der Waals surface area contributed by atoms with E-state index in [1.165, 1.54) is 10.5 Å². The minimum atomic E-state index is 0. The van der Waals surface area contributed by atoms with Crippen LogP contribution in [0.5, 0.6) is 0 Å². The summed E-state index contributed by atoms with van der Waals surface area (Å²) in [4.78, 5) is 1.52. The Morgan fingerprint density at radius 3 is 2.43 bits per heavy atom. The number of benzene rings is 1. The predicted molar refractivity (Wildman–Crippen MR) is 57.2 cm³/mol. The average Bonchev–Trinajstić information content (AvgIpc) is 2.16. The first-order valence-electron chi connectivity index (χ1n) is 4.74. The highest BCUT2D eigenvalue weighted by molar-refractivity contribution is 6.17. The molecule has 0 saturated heterocycles. The zero-order chi connectivity index (χ0) is 9.52. The second-order valence-corrected chi connectivity index (χ2v) is 3.79. The van der Waals surface area contributed by atoms with Crippen molar-refractivity contribution >= 4 is 11.6 Å². The van der Waals surface area contributed by atoms with Gasteiger partial charge in [0.2, 0.25) is 0 Å². The second-order valence-electron chi connectivity index (χ2n) is 3.41. The van der Waals surface area contributed by atoms with Crippen molar-refractivity contribution in [3.05, 3.63) is 35.9 Å². The van der Waals surface area contributed by atoms with E-state index in [1.54, 1.807) is 0 Å². The standard InChI is InChI=1S/C11H16ClN.ClH/c1-13(9-5-8-12)10-11-6-3-2-4-7-11;/h2-4,6-7H,5,8-10H2,1H3;1H. The summed E-state index contributed by atoms with van der Waals surface area (Å²) in [5, 5.41) is 0. The Morgan fingerprint density at radius 1 is 1.21 bits per heavy atom. The first kappa shape index (κ1) is 13.8. The highest BCUT2D eigenvalue weighted by Gasteiger charge is 2.01. The molecule has 80 valence electrons. The molecular formula is C11H17Cl2N. The number of alkyl halides is 1. The number of nitrogens with one attached hydrogen (secondary N) is 1. The van der Waals surface area contributed by atoms with Gasteiger partial charge in [0.1, 0.15) is 6.54 Å². The third kappa shape index (κ3) is 5.48. The van der Waals surface area contributed by atoms with Gasteiger partial charge in [0, 0.05) is 17.9 Å². The Hall–Kier alpha value is -0.240. The summed E-state index contributed by atoms with van der Waals surface area (Å²) in [6, 6.07) is 10.6. The fourth-order valence-electron chi connectivity index (χ4n) is 1.40. The Morgan fingerprint density at radius 2 is 1.86 bits per heavy atom. The van der Waals surface area contributed by atoms with Crippen molar-refractivity contribution in [3.63, 3.8) is 0 Å². The van der Waals surface area contributed by atoms with Gasteiger partial charge in [-0.3, -0.25) is 0 Å². The zero-order valence-corrected chi connectivity index (χ0v) is 9.98. The third-order valence-electron chi connectivity index (χ3n) is 2.09. The van der Waals surface area contributed by atoms with Gasteiger partial charge in [0.25, 0.3) is 0 Å². The van der Waals surface area contributed by atoms with E-state index in [0.717, 1.165) is 25.4 Å². The fourth-order valence-corrected chi connectivity index (χ4v) is 1.53. The van der Waals surface area contributed by atoms with E-state index < -0.39 is 0 Å². The molecule has 1 aromatic carbocycles. The minimum Gasteiger partial charge on any atom is -1.00 e. The molecule has 3 heteroatoms. The van der Waals surface area contributed by atoms with Gasteiger partial charge < -0.3 is 17.3 Å². The molecule has 0 radical (unpaired) electrons. The summed E-state index contributed by atoms with van der Waals surface area (Å²) < 4.78 is 0. The number of halogens is 2. The summed E-state index contributed by atoms with van der Waals surface area (Å²) in [6.45, 7) is 2.25. The summed E-state index contributed by atoms with van der Waals surface area (Å²) in [5.41, 5.74) is 1.40. The van der Waals surface area contributed by atoms with E-state index in [4.69, 9.17) is 11.6 Å². The van der Waals surface area contributed by atoms with E-state index in [-0.39, 0.29) is 12.4 Å². The van der Waals surface area contributed by atoms with Crippen LogP contribution in [0, 0.1) is 0 Å². The summed E-state index contributed by atoms with van der Waals surface area (Å²) in [5.74, 6) is 0.770. The molecule has 0 bridgehead atoms. The molecule has 0 amide bonds. The molecule has 0 saturated carbocycles. The number of hydrogen-bond donors (Lipinski definition) is 1. The van der Waals surface area contributed by atoms with Gasteiger partial charge in [-0.15, -0.1) is 11.6 Å². The SMILES string of the molecule is C[NH+](CCCCl)Cc1ccccc1.[Cl-]. The molecular weight excluding hydrogens is 217 g/mol. The summed E-state index contributed by atoms with van der Waals surface area (Å²) >= 11 is 5.64. The summed E-state index contributed by atoms with van der Waals surface area (Å²) in [6.07, 6.45) is 1.10.